The molecule has 1 aliphatic rings. The van der Waals surface area contributed by atoms with E-state index in [2.05, 4.69) is 0 Å². The monoisotopic (exact) mass is 201 g/mol. The molecule has 0 saturated carbocycles. The van der Waals surface area contributed by atoms with E-state index in [0.29, 0.717) is 19.5 Å². The van der Waals surface area contributed by atoms with Gasteiger partial charge in [-0.15, -0.1) is 0 Å². The Balaban J connectivity index is 2.47. The van der Waals surface area contributed by atoms with Crippen LogP contribution in [0.25, 0.3) is 0 Å². The van der Waals surface area contributed by atoms with Gasteiger partial charge in [0.1, 0.15) is 0 Å². The van der Waals surface area contributed by atoms with Crippen molar-refractivity contribution in [1.29, 1.82) is 0 Å². The molecule has 0 radical (unpaired) electrons. The van der Waals surface area contributed by atoms with Crippen molar-refractivity contribution in [3.8, 4) is 0 Å². The first kappa shape index (κ1) is 11.0. The molecule has 1 heterocycles. The van der Waals surface area contributed by atoms with E-state index in [1.54, 1.807) is 0 Å². The van der Waals surface area contributed by atoms with E-state index in [1.807, 2.05) is 0 Å². The third-order valence-electron chi connectivity index (χ3n) is 2.53. The number of hydrogen-bond acceptors (Lipinski definition) is 3. The maximum atomic E-state index is 11.1. The SMILES string of the molecule is O=C(O)C(=O)N1CCCC(CCO)C1. The Kier molecular flexibility index (Phi) is 3.88. The Hall–Kier alpha value is -1.10. The summed E-state index contributed by atoms with van der Waals surface area (Å²) < 4.78 is 0. The molecular formula is C9H15NO4. The molecular weight excluding hydrogens is 186 g/mol. The van der Waals surface area contributed by atoms with Gasteiger partial charge in [-0.25, -0.2) is 4.79 Å². The lowest BCUT2D eigenvalue weighted by molar-refractivity contribution is -0.156. The van der Waals surface area contributed by atoms with Crippen LogP contribution in [0.5, 0.6) is 0 Å². The summed E-state index contributed by atoms with van der Waals surface area (Å²) in [5.74, 6) is -1.97. The van der Waals surface area contributed by atoms with Crippen molar-refractivity contribution in [2.75, 3.05) is 19.7 Å². The number of aliphatic hydroxyl groups is 1. The molecule has 1 rings (SSSR count). The summed E-state index contributed by atoms with van der Waals surface area (Å²) >= 11 is 0. The highest BCUT2D eigenvalue weighted by molar-refractivity contribution is 6.31. The Morgan fingerprint density at radius 3 is 2.71 bits per heavy atom. The summed E-state index contributed by atoms with van der Waals surface area (Å²) in [6.07, 6.45) is 2.43. The first-order valence-electron chi connectivity index (χ1n) is 4.78. The minimum Gasteiger partial charge on any atom is -0.474 e. The molecule has 5 heteroatoms. The van der Waals surface area contributed by atoms with E-state index in [-0.39, 0.29) is 12.5 Å². The standard InChI is InChI=1S/C9H15NO4/c11-5-3-7-2-1-4-10(6-7)8(12)9(13)14/h7,11H,1-6H2,(H,13,14). The number of nitrogens with zero attached hydrogens (tertiary/aromatic N) is 1. The van der Waals surface area contributed by atoms with Crippen LogP contribution in [0, 0.1) is 5.92 Å². The summed E-state index contributed by atoms with van der Waals surface area (Å²) in [4.78, 5) is 22.9. The van der Waals surface area contributed by atoms with Gasteiger partial charge in [0.25, 0.3) is 0 Å². The van der Waals surface area contributed by atoms with E-state index in [9.17, 15) is 9.59 Å². The van der Waals surface area contributed by atoms with Gasteiger partial charge >= 0.3 is 11.9 Å². The number of rotatable bonds is 2. The molecule has 0 aromatic carbocycles. The number of carbonyl (C=O) groups is 2. The van der Waals surface area contributed by atoms with Crippen molar-refractivity contribution >= 4 is 11.9 Å². The maximum Gasteiger partial charge on any atom is 0.394 e. The molecule has 1 atom stereocenters. The summed E-state index contributed by atoms with van der Waals surface area (Å²) in [7, 11) is 0. The van der Waals surface area contributed by atoms with Crippen LogP contribution in [0.15, 0.2) is 0 Å². The number of amides is 1. The number of hydrogen-bond donors (Lipinski definition) is 2. The number of carboxylic acid groups (broad SMARTS) is 1. The highest BCUT2D eigenvalue weighted by Gasteiger charge is 2.26. The summed E-state index contributed by atoms with van der Waals surface area (Å²) in [6.45, 7) is 1.08. The van der Waals surface area contributed by atoms with Crippen LogP contribution < -0.4 is 0 Å². The van der Waals surface area contributed by atoms with Crippen molar-refractivity contribution < 1.29 is 19.8 Å². The average Bonchev–Trinajstić information content (AvgIpc) is 2.17. The molecule has 0 aliphatic carbocycles. The fraction of sp³-hybridized carbons (Fsp3) is 0.778. The van der Waals surface area contributed by atoms with E-state index >= 15 is 0 Å². The van der Waals surface area contributed by atoms with Crippen LogP contribution in [0.2, 0.25) is 0 Å². The van der Waals surface area contributed by atoms with Crippen LogP contribution in [-0.2, 0) is 9.59 Å². The van der Waals surface area contributed by atoms with Crippen LogP contribution in [0.4, 0.5) is 0 Å². The Labute approximate surface area is 82.3 Å². The fourth-order valence-electron chi connectivity index (χ4n) is 1.80. The number of carboxylic acids is 1. The van der Waals surface area contributed by atoms with Crippen molar-refractivity contribution in [2.45, 2.75) is 19.3 Å². The van der Waals surface area contributed by atoms with E-state index in [0.717, 1.165) is 12.8 Å². The van der Waals surface area contributed by atoms with Gasteiger partial charge < -0.3 is 15.1 Å². The first-order chi connectivity index (χ1) is 6.65. The van der Waals surface area contributed by atoms with Crippen LogP contribution in [0.1, 0.15) is 19.3 Å². The molecule has 1 saturated heterocycles. The van der Waals surface area contributed by atoms with Gasteiger partial charge in [-0.1, -0.05) is 0 Å². The molecule has 0 bridgehead atoms. The number of carbonyl (C=O) groups excluding carboxylic acids is 1. The Bertz CT molecular complexity index is 227. The van der Waals surface area contributed by atoms with Crippen LogP contribution in [0.3, 0.4) is 0 Å². The van der Waals surface area contributed by atoms with Crippen molar-refractivity contribution in [1.82, 2.24) is 4.90 Å². The summed E-state index contributed by atoms with van der Waals surface area (Å²) in [5.41, 5.74) is 0. The average molecular weight is 201 g/mol. The molecule has 0 aromatic heterocycles. The van der Waals surface area contributed by atoms with Gasteiger partial charge in [-0.2, -0.15) is 0 Å². The minimum absolute atomic E-state index is 0.0970. The summed E-state index contributed by atoms with van der Waals surface area (Å²) in [5, 5.41) is 17.2. The van der Waals surface area contributed by atoms with E-state index < -0.39 is 11.9 Å². The molecule has 1 amide bonds. The molecule has 80 valence electrons. The fourth-order valence-corrected chi connectivity index (χ4v) is 1.80. The van der Waals surface area contributed by atoms with Crippen LogP contribution in [-0.4, -0.2) is 46.7 Å². The molecule has 1 unspecified atom stereocenters. The Morgan fingerprint density at radius 1 is 1.43 bits per heavy atom. The number of aliphatic hydroxyl groups excluding tert-OH is 1. The van der Waals surface area contributed by atoms with Gasteiger partial charge in [0.05, 0.1) is 0 Å². The number of aliphatic carboxylic acids is 1. The van der Waals surface area contributed by atoms with Gasteiger partial charge in [0.2, 0.25) is 0 Å². The van der Waals surface area contributed by atoms with E-state index in [4.69, 9.17) is 10.2 Å². The topological polar surface area (TPSA) is 77.8 Å². The number of likely N-dealkylation sites (tertiary alicyclic amines) is 1. The van der Waals surface area contributed by atoms with Crippen molar-refractivity contribution in [3.63, 3.8) is 0 Å². The first-order valence-corrected chi connectivity index (χ1v) is 4.78. The Morgan fingerprint density at radius 2 is 2.14 bits per heavy atom. The molecule has 0 spiro atoms. The lowest BCUT2D eigenvalue weighted by Gasteiger charge is -2.31. The molecule has 14 heavy (non-hydrogen) atoms. The third kappa shape index (κ3) is 2.70. The van der Waals surface area contributed by atoms with E-state index in [1.165, 1.54) is 4.90 Å². The predicted octanol–water partition coefficient (Wildman–Crippen LogP) is -0.308. The van der Waals surface area contributed by atoms with Gasteiger partial charge in [0, 0.05) is 19.7 Å². The highest BCUT2D eigenvalue weighted by atomic mass is 16.4. The molecule has 0 aromatic rings. The molecule has 1 fully saturated rings. The van der Waals surface area contributed by atoms with Crippen molar-refractivity contribution in [3.05, 3.63) is 0 Å². The van der Waals surface area contributed by atoms with Crippen molar-refractivity contribution in [2.24, 2.45) is 5.92 Å². The minimum atomic E-state index is -1.39. The number of piperidine rings is 1. The normalized spacial score (nSPS) is 22.1. The zero-order chi connectivity index (χ0) is 10.6. The second-order valence-electron chi connectivity index (χ2n) is 3.58. The highest BCUT2D eigenvalue weighted by Crippen LogP contribution is 2.19. The second-order valence-corrected chi connectivity index (χ2v) is 3.58. The smallest absolute Gasteiger partial charge is 0.394 e. The zero-order valence-corrected chi connectivity index (χ0v) is 7.98. The molecule has 2 N–H and O–H groups in total. The van der Waals surface area contributed by atoms with Gasteiger partial charge in [-0.05, 0) is 25.2 Å². The second kappa shape index (κ2) is 4.95. The maximum absolute atomic E-state index is 11.1. The summed E-state index contributed by atoms with van der Waals surface area (Å²) in [6, 6.07) is 0. The van der Waals surface area contributed by atoms with Crippen LogP contribution >= 0.6 is 0 Å². The quantitative estimate of drug-likeness (QED) is 0.601. The lowest BCUT2D eigenvalue weighted by atomic mass is 9.95. The molecule has 1 aliphatic heterocycles. The lowest BCUT2D eigenvalue weighted by Crippen LogP contribution is -2.43. The van der Waals surface area contributed by atoms with Gasteiger partial charge in [-0.3, -0.25) is 4.79 Å². The van der Waals surface area contributed by atoms with Gasteiger partial charge in [0.15, 0.2) is 0 Å². The predicted molar refractivity (Wildman–Crippen MR) is 48.6 cm³/mol. The zero-order valence-electron chi connectivity index (χ0n) is 7.98. The third-order valence-corrected chi connectivity index (χ3v) is 2.53. The largest absolute Gasteiger partial charge is 0.474 e. The molecule has 5 nitrogen and oxygen atoms in total.